The molecule has 0 amide bonds. The second-order valence-corrected chi connectivity index (χ2v) is 5.43. The van der Waals surface area contributed by atoms with Gasteiger partial charge in [-0.25, -0.2) is 4.68 Å². The first-order valence-electron chi connectivity index (χ1n) is 7.84. The first kappa shape index (κ1) is 17.3. The van der Waals surface area contributed by atoms with Gasteiger partial charge in [0, 0.05) is 5.56 Å². The van der Waals surface area contributed by atoms with Gasteiger partial charge in [-0.2, -0.15) is 5.10 Å². The number of para-hydroxylation sites is 1. The Balaban J connectivity index is 2.04. The molecule has 3 rings (SSSR count). The van der Waals surface area contributed by atoms with Gasteiger partial charge in [0.05, 0.1) is 38.8 Å². The number of hydrogen-bond acceptors (Lipinski definition) is 6. The van der Waals surface area contributed by atoms with Crippen molar-refractivity contribution in [3.8, 4) is 22.9 Å². The van der Waals surface area contributed by atoms with Gasteiger partial charge in [0.1, 0.15) is 5.82 Å². The van der Waals surface area contributed by atoms with Crippen molar-refractivity contribution in [1.29, 1.82) is 0 Å². The number of ether oxygens (including phenoxy) is 3. The van der Waals surface area contributed by atoms with Gasteiger partial charge in [0.15, 0.2) is 17.3 Å². The topological polar surface area (TPSA) is 88.6 Å². The van der Waals surface area contributed by atoms with Crippen LogP contribution in [0.25, 0.3) is 5.69 Å². The summed E-state index contributed by atoms with van der Waals surface area (Å²) < 4.78 is 17.4. The molecule has 2 N–H and O–H groups in total. The van der Waals surface area contributed by atoms with Gasteiger partial charge in [-0.05, 0) is 24.3 Å². The molecule has 134 valence electrons. The highest BCUT2D eigenvalue weighted by Gasteiger charge is 2.22. The predicted molar refractivity (Wildman–Crippen MR) is 97.5 cm³/mol. The number of benzene rings is 2. The quantitative estimate of drug-likeness (QED) is 0.686. The molecule has 7 nitrogen and oxygen atoms in total. The number of rotatable bonds is 6. The monoisotopic (exact) mass is 353 g/mol. The predicted octanol–water partition coefficient (Wildman–Crippen LogP) is 2.71. The van der Waals surface area contributed by atoms with E-state index in [1.807, 2.05) is 30.3 Å². The van der Waals surface area contributed by atoms with Crippen LogP contribution in [0.2, 0.25) is 0 Å². The zero-order chi connectivity index (χ0) is 18.7. The van der Waals surface area contributed by atoms with Gasteiger partial charge in [0.25, 0.3) is 0 Å². The van der Waals surface area contributed by atoms with Crippen molar-refractivity contribution >= 4 is 11.6 Å². The van der Waals surface area contributed by atoms with E-state index in [4.69, 9.17) is 19.9 Å². The van der Waals surface area contributed by atoms with Crippen LogP contribution in [0.1, 0.15) is 15.9 Å². The largest absolute Gasteiger partial charge is 0.493 e. The number of carbonyl (C=O) groups excluding carboxylic acids is 1. The summed E-state index contributed by atoms with van der Waals surface area (Å²) in [6, 6.07) is 12.5. The van der Waals surface area contributed by atoms with Crippen molar-refractivity contribution in [2.24, 2.45) is 0 Å². The Kier molecular flexibility index (Phi) is 4.79. The summed E-state index contributed by atoms with van der Waals surface area (Å²) in [5.74, 6) is 1.17. The highest BCUT2D eigenvalue weighted by atomic mass is 16.5. The first-order chi connectivity index (χ1) is 12.6. The van der Waals surface area contributed by atoms with Gasteiger partial charge in [-0.1, -0.05) is 18.2 Å². The second-order valence-electron chi connectivity index (χ2n) is 5.43. The average molecular weight is 353 g/mol. The Labute approximate surface area is 150 Å². The van der Waals surface area contributed by atoms with Crippen molar-refractivity contribution in [2.75, 3.05) is 27.1 Å². The minimum absolute atomic E-state index is 0.259. The third-order valence-electron chi connectivity index (χ3n) is 3.98. The van der Waals surface area contributed by atoms with Crippen LogP contribution in [0, 0.1) is 0 Å². The van der Waals surface area contributed by atoms with Gasteiger partial charge in [-0.15, -0.1) is 0 Å². The van der Waals surface area contributed by atoms with E-state index in [0.29, 0.717) is 28.4 Å². The number of anilines is 1. The number of hydrogen-bond donors (Lipinski definition) is 1. The molecule has 7 heteroatoms. The Morgan fingerprint density at radius 1 is 1.00 bits per heavy atom. The molecule has 0 fully saturated rings. The van der Waals surface area contributed by atoms with E-state index in [2.05, 4.69) is 5.10 Å². The molecule has 0 atom stereocenters. The van der Waals surface area contributed by atoms with Crippen LogP contribution in [0.3, 0.4) is 0 Å². The third-order valence-corrected chi connectivity index (χ3v) is 3.98. The fourth-order valence-electron chi connectivity index (χ4n) is 2.68. The van der Waals surface area contributed by atoms with Crippen LogP contribution < -0.4 is 19.9 Å². The van der Waals surface area contributed by atoms with Crippen LogP contribution in [0.15, 0.2) is 48.7 Å². The van der Waals surface area contributed by atoms with Gasteiger partial charge >= 0.3 is 0 Å². The second kappa shape index (κ2) is 7.18. The summed E-state index contributed by atoms with van der Waals surface area (Å²) in [7, 11) is 4.49. The Hall–Kier alpha value is -3.48. The van der Waals surface area contributed by atoms with Crippen LogP contribution >= 0.6 is 0 Å². The molecule has 0 aliphatic carbocycles. The van der Waals surface area contributed by atoms with Crippen LogP contribution in [-0.4, -0.2) is 36.9 Å². The van der Waals surface area contributed by atoms with Crippen molar-refractivity contribution in [3.05, 3.63) is 59.8 Å². The number of nitrogen functional groups attached to an aromatic ring is 1. The van der Waals surface area contributed by atoms with E-state index < -0.39 is 0 Å². The fourth-order valence-corrected chi connectivity index (χ4v) is 2.68. The molecule has 0 unspecified atom stereocenters. The molecule has 26 heavy (non-hydrogen) atoms. The lowest BCUT2D eigenvalue weighted by atomic mass is 10.0. The molecule has 1 heterocycles. The number of nitrogens with zero attached hydrogens (tertiary/aromatic N) is 2. The fraction of sp³-hybridized carbons (Fsp3) is 0.158. The average Bonchev–Trinajstić information content (AvgIpc) is 3.08. The third kappa shape index (κ3) is 2.95. The Morgan fingerprint density at radius 2 is 1.62 bits per heavy atom. The minimum Gasteiger partial charge on any atom is -0.493 e. The summed E-state index contributed by atoms with van der Waals surface area (Å²) >= 11 is 0. The smallest absolute Gasteiger partial charge is 0.203 e. The van der Waals surface area contributed by atoms with Crippen molar-refractivity contribution < 1.29 is 19.0 Å². The summed E-state index contributed by atoms with van der Waals surface area (Å²) in [5.41, 5.74) is 7.59. The molecule has 3 aromatic rings. The lowest BCUT2D eigenvalue weighted by molar-refractivity contribution is 0.103. The lowest BCUT2D eigenvalue weighted by Gasteiger charge is -2.13. The van der Waals surface area contributed by atoms with E-state index in [9.17, 15) is 4.79 Å². The van der Waals surface area contributed by atoms with Gasteiger partial charge < -0.3 is 19.9 Å². The Morgan fingerprint density at radius 3 is 2.15 bits per heavy atom. The SMILES string of the molecule is COc1cc(C(=O)c2cnn(-c3ccccc3)c2N)cc(OC)c1OC. The Bertz CT molecular complexity index is 910. The number of aromatic nitrogens is 2. The lowest BCUT2D eigenvalue weighted by Crippen LogP contribution is -2.08. The summed E-state index contributed by atoms with van der Waals surface area (Å²) in [6.07, 6.45) is 1.45. The van der Waals surface area contributed by atoms with E-state index in [1.165, 1.54) is 32.2 Å². The molecule has 2 aromatic carbocycles. The van der Waals surface area contributed by atoms with E-state index in [1.54, 1.807) is 12.1 Å². The van der Waals surface area contributed by atoms with Crippen molar-refractivity contribution in [1.82, 2.24) is 9.78 Å². The highest BCUT2D eigenvalue weighted by molar-refractivity contribution is 6.12. The molecule has 1 aromatic heterocycles. The van der Waals surface area contributed by atoms with Crippen LogP contribution in [0.5, 0.6) is 17.2 Å². The molecule has 0 aliphatic heterocycles. The van der Waals surface area contributed by atoms with Crippen molar-refractivity contribution in [2.45, 2.75) is 0 Å². The highest BCUT2D eigenvalue weighted by Crippen LogP contribution is 2.39. The molecule has 0 radical (unpaired) electrons. The number of carbonyl (C=O) groups is 1. The minimum atomic E-state index is -0.288. The van der Waals surface area contributed by atoms with Crippen LogP contribution in [0.4, 0.5) is 5.82 Å². The first-order valence-corrected chi connectivity index (χ1v) is 7.84. The maximum atomic E-state index is 13.0. The maximum Gasteiger partial charge on any atom is 0.203 e. The number of ketones is 1. The van der Waals surface area contributed by atoms with E-state index >= 15 is 0 Å². The van der Waals surface area contributed by atoms with Crippen molar-refractivity contribution in [3.63, 3.8) is 0 Å². The number of methoxy groups -OCH3 is 3. The maximum absolute atomic E-state index is 13.0. The molecule has 0 saturated carbocycles. The zero-order valence-corrected chi connectivity index (χ0v) is 14.7. The van der Waals surface area contributed by atoms with E-state index in [-0.39, 0.29) is 11.6 Å². The molecule has 0 saturated heterocycles. The molecular weight excluding hydrogens is 334 g/mol. The summed E-state index contributed by atoms with van der Waals surface area (Å²) in [6.45, 7) is 0. The molecule has 0 aliphatic rings. The van der Waals surface area contributed by atoms with Gasteiger partial charge in [0.2, 0.25) is 5.75 Å². The van der Waals surface area contributed by atoms with Crippen LogP contribution in [-0.2, 0) is 0 Å². The number of nitrogens with two attached hydrogens (primary N) is 1. The van der Waals surface area contributed by atoms with Gasteiger partial charge in [-0.3, -0.25) is 4.79 Å². The standard InChI is InChI=1S/C19H19N3O4/c1-24-15-9-12(10-16(25-2)18(15)26-3)17(23)14-11-21-22(19(14)20)13-7-5-4-6-8-13/h4-11H,20H2,1-3H3. The molecule has 0 spiro atoms. The molecular formula is C19H19N3O4. The summed E-state index contributed by atoms with van der Waals surface area (Å²) in [5, 5.41) is 4.24. The molecule has 0 bridgehead atoms. The van der Waals surface area contributed by atoms with E-state index in [0.717, 1.165) is 5.69 Å². The normalized spacial score (nSPS) is 10.4. The zero-order valence-electron chi connectivity index (χ0n) is 14.7. The summed E-state index contributed by atoms with van der Waals surface area (Å²) in [4.78, 5) is 13.0.